The van der Waals surface area contributed by atoms with Crippen LogP contribution in [0.1, 0.15) is 41.0 Å². The average molecular weight is 429 g/mol. The van der Waals surface area contributed by atoms with Gasteiger partial charge in [0.2, 0.25) is 10.0 Å². The highest BCUT2D eigenvalue weighted by Crippen LogP contribution is 2.37. The Hall–Kier alpha value is -2.05. The molecule has 1 aliphatic heterocycles. The number of hydrogen-bond donors (Lipinski definition) is 0. The van der Waals surface area contributed by atoms with Crippen molar-refractivity contribution in [1.29, 1.82) is 0 Å². The Balaban J connectivity index is 1.41. The quantitative estimate of drug-likeness (QED) is 0.676. The number of nitrogens with zero attached hydrogens (tertiary/aromatic N) is 2. The first-order valence-corrected chi connectivity index (χ1v) is 12.7. The fraction of sp³-hybridized carbons (Fsp3) is 0.500. The van der Waals surface area contributed by atoms with Crippen LogP contribution < -0.4 is 9.04 Å². The van der Waals surface area contributed by atoms with E-state index in [1.807, 2.05) is 0 Å². The van der Waals surface area contributed by atoms with Gasteiger partial charge >= 0.3 is 0 Å². The van der Waals surface area contributed by atoms with Gasteiger partial charge in [0.05, 0.1) is 19.1 Å². The third-order valence-electron chi connectivity index (χ3n) is 6.53. The van der Waals surface area contributed by atoms with Gasteiger partial charge in [0.15, 0.2) is 0 Å². The Morgan fingerprint density at radius 3 is 2.80 bits per heavy atom. The lowest BCUT2D eigenvalue weighted by Crippen LogP contribution is -2.29. The van der Waals surface area contributed by atoms with E-state index in [9.17, 15) is 8.42 Å². The van der Waals surface area contributed by atoms with Crippen molar-refractivity contribution in [2.45, 2.75) is 38.0 Å². The fourth-order valence-corrected chi connectivity index (χ4v) is 5.93. The van der Waals surface area contributed by atoms with E-state index < -0.39 is 10.0 Å². The summed E-state index contributed by atoms with van der Waals surface area (Å²) in [5.41, 5.74) is 6.01. The minimum Gasteiger partial charge on any atom is -0.496 e. The van der Waals surface area contributed by atoms with Crippen LogP contribution in [0.4, 0.5) is 5.69 Å². The first-order chi connectivity index (χ1) is 14.4. The monoisotopic (exact) mass is 428 g/mol. The van der Waals surface area contributed by atoms with Crippen LogP contribution in [0.2, 0.25) is 0 Å². The van der Waals surface area contributed by atoms with Gasteiger partial charge in [-0.15, -0.1) is 0 Å². The normalized spacial score (nSPS) is 18.4. The molecular weight excluding hydrogens is 396 g/mol. The largest absolute Gasteiger partial charge is 0.496 e. The maximum absolute atomic E-state index is 12.1. The number of benzene rings is 2. The number of hydrogen-bond acceptors (Lipinski definition) is 4. The van der Waals surface area contributed by atoms with Gasteiger partial charge in [-0.2, -0.15) is 0 Å². The standard InChI is InChI=1S/C24H32N2O3S/c1-25(17-20-6-4-8-22-21(20)7-5-9-24(22)29-2)14-12-18-10-11-19-13-15-26(23(19)16-18)30(3,27)28/h5,7,9-11,16,20H,4,6,8,12-15,17H2,1-3H3. The van der Waals surface area contributed by atoms with Gasteiger partial charge in [-0.25, -0.2) is 8.42 Å². The van der Waals surface area contributed by atoms with Crippen LogP contribution in [-0.2, 0) is 29.3 Å². The molecule has 2 aromatic carbocycles. The zero-order valence-electron chi connectivity index (χ0n) is 18.2. The fourth-order valence-electron chi connectivity index (χ4n) is 4.98. The molecule has 162 valence electrons. The summed E-state index contributed by atoms with van der Waals surface area (Å²) in [6.45, 7) is 2.54. The van der Waals surface area contributed by atoms with E-state index in [1.165, 1.54) is 35.8 Å². The van der Waals surface area contributed by atoms with Gasteiger partial charge < -0.3 is 9.64 Å². The highest BCUT2D eigenvalue weighted by molar-refractivity contribution is 7.92. The average Bonchev–Trinajstić information content (AvgIpc) is 3.16. The molecule has 0 bridgehead atoms. The Morgan fingerprint density at radius 2 is 2.03 bits per heavy atom. The number of ether oxygens (including phenoxy) is 1. The number of likely N-dealkylation sites (N-methyl/N-ethyl adjacent to an activating group) is 1. The third kappa shape index (κ3) is 4.35. The van der Waals surface area contributed by atoms with Crippen molar-refractivity contribution >= 4 is 15.7 Å². The smallest absolute Gasteiger partial charge is 0.232 e. The van der Waals surface area contributed by atoms with E-state index in [-0.39, 0.29) is 0 Å². The second-order valence-corrected chi connectivity index (χ2v) is 10.6. The highest BCUT2D eigenvalue weighted by atomic mass is 32.2. The van der Waals surface area contributed by atoms with Gasteiger partial charge in [0.25, 0.3) is 0 Å². The second-order valence-electron chi connectivity index (χ2n) is 8.68. The van der Waals surface area contributed by atoms with Crippen molar-refractivity contribution in [3.05, 3.63) is 58.7 Å². The van der Waals surface area contributed by atoms with Crippen LogP contribution in [0.15, 0.2) is 36.4 Å². The van der Waals surface area contributed by atoms with Crippen LogP contribution in [-0.4, -0.2) is 53.4 Å². The molecule has 1 heterocycles. The summed E-state index contributed by atoms with van der Waals surface area (Å²) < 4.78 is 31.2. The molecule has 0 saturated carbocycles. The summed E-state index contributed by atoms with van der Waals surface area (Å²) in [5.74, 6) is 1.56. The summed E-state index contributed by atoms with van der Waals surface area (Å²) in [4.78, 5) is 2.40. The van der Waals surface area contributed by atoms with Gasteiger partial charge in [0, 0.05) is 19.6 Å². The number of sulfonamides is 1. The van der Waals surface area contributed by atoms with Crippen LogP contribution in [0.25, 0.3) is 0 Å². The van der Waals surface area contributed by atoms with Crippen LogP contribution in [0.5, 0.6) is 5.75 Å². The molecule has 1 aliphatic carbocycles. The highest BCUT2D eigenvalue weighted by Gasteiger charge is 2.26. The molecule has 1 atom stereocenters. The van der Waals surface area contributed by atoms with Gasteiger partial charge in [-0.05, 0) is 79.5 Å². The van der Waals surface area contributed by atoms with Crippen molar-refractivity contribution in [1.82, 2.24) is 4.90 Å². The van der Waals surface area contributed by atoms with Crippen molar-refractivity contribution in [3.8, 4) is 5.75 Å². The van der Waals surface area contributed by atoms with E-state index in [1.54, 1.807) is 11.4 Å². The predicted molar refractivity (Wildman–Crippen MR) is 122 cm³/mol. The molecule has 0 spiro atoms. The predicted octanol–water partition coefficient (Wildman–Crippen LogP) is 3.61. The van der Waals surface area contributed by atoms with Crippen LogP contribution >= 0.6 is 0 Å². The summed E-state index contributed by atoms with van der Waals surface area (Å²) in [6.07, 6.45) is 6.53. The minimum absolute atomic E-state index is 0.537. The maximum atomic E-state index is 12.1. The lowest BCUT2D eigenvalue weighted by Gasteiger charge is -2.30. The van der Waals surface area contributed by atoms with Crippen LogP contribution in [0, 0.1) is 0 Å². The number of fused-ring (bicyclic) bond motifs is 2. The molecule has 30 heavy (non-hydrogen) atoms. The number of methoxy groups -OCH3 is 1. The van der Waals surface area contributed by atoms with Gasteiger partial charge in [0.1, 0.15) is 5.75 Å². The molecule has 0 saturated heterocycles. The Kier molecular flexibility index (Phi) is 6.07. The van der Waals surface area contributed by atoms with Gasteiger partial charge in [-0.1, -0.05) is 24.3 Å². The Bertz CT molecular complexity index is 1020. The number of rotatable bonds is 7. The van der Waals surface area contributed by atoms with E-state index in [0.29, 0.717) is 12.5 Å². The molecule has 4 rings (SSSR count). The molecule has 1 unspecified atom stereocenters. The molecule has 0 radical (unpaired) electrons. The zero-order valence-corrected chi connectivity index (χ0v) is 19.0. The molecule has 0 fully saturated rings. The van der Waals surface area contributed by atoms with Crippen molar-refractivity contribution < 1.29 is 13.2 Å². The van der Waals surface area contributed by atoms with Crippen LogP contribution in [0.3, 0.4) is 0 Å². The van der Waals surface area contributed by atoms with Crippen molar-refractivity contribution in [2.24, 2.45) is 0 Å². The molecular formula is C24H32N2O3S. The van der Waals surface area contributed by atoms with E-state index in [4.69, 9.17) is 4.74 Å². The molecule has 0 aromatic heterocycles. The Labute approximate surface area is 180 Å². The van der Waals surface area contributed by atoms with E-state index in [0.717, 1.165) is 49.4 Å². The molecule has 5 nitrogen and oxygen atoms in total. The maximum Gasteiger partial charge on any atom is 0.232 e. The first kappa shape index (κ1) is 21.2. The molecule has 2 aromatic rings. The summed E-state index contributed by atoms with van der Waals surface area (Å²) in [6, 6.07) is 12.7. The molecule has 0 amide bonds. The van der Waals surface area contributed by atoms with Crippen molar-refractivity contribution in [3.63, 3.8) is 0 Å². The van der Waals surface area contributed by atoms with Gasteiger partial charge in [-0.3, -0.25) is 4.31 Å². The minimum atomic E-state index is -3.20. The first-order valence-electron chi connectivity index (χ1n) is 10.8. The van der Waals surface area contributed by atoms with Crippen molar-refractivity contribution in [2.75, 3.05) is 44.4 Å². The summed E-state index contributed by atoms with van der Waals surface area (Å²) in [5, 5.41) is 0. The summed E-state index contributed by atoms with van der Waals surface area (Å²) >= 11 is 0. The lowest BCUT2D eigenvalue weighted by molar-refractivity contribution is 0.299. The zero-order chi connectivity index (χ0) is 21.3. The second kappa shape index (κ2) is 8.60. The molecule has 2 aliphatic rings. The molecule has 6 heteroatoms. The topological polar surface area (TPSA) is 49.9 Å². The third-order valence-corrected chi connectivity index (χ3v) is 7.71. The number of anilines is 1. The Morgan fingerprint density at radius 1 is 1.20 bits per heavy atom. The molecule has 0 N–H and O–H groups in total. The SMILES string of the molecule is COc1cccc2c1CCCC2CN(C)CCc1ccc2c(c1)N(S(C)(=O)=O)CC2. The van der Waals surface area contributed by atoms with E-state index in [2.05, 4.69) is 48.3 Å². The lowest BCUT2D eigenvalue weighted by atomic mass is 9.82. The van der Waals surface area contributed by atoms with E-state index >= 15 is 0 Å². The summed E-state index contributed by atoms with van der Waals surface area (Å²) in [7, 11) is 0.737.